The highest BCUT2D eigenvalue weighted by Gasteiger charge is 2.53. The molecule has 2 aliphatic heterocycles. The van der Waals surface area contributed by atoms with E-state index in [-0.39, 0.29) is 10.8 Å². The summed E-state index contributed by atoms with van der Waals surface area (Å²) in [4.78, 5) is 47.3. The van der Waals surface area contributed by atoms with Gasteiger partial charge in [0.2, 0.25) is 5.91 Å². The zero-order chi connectivity index (χ0) is 15.8. The van der Waals surface area contributed by atoms with Crippen LogP contribution in [0.15, 0.2) is 0 Å². The number of hydrogen-bond donors (Lipinski definition) is 2. The highest BCUT2D eigenvalue weighted by atomic mass is 32.2. The Labute approximate surface area is 125 Å². The fraction of sp³-hybridized carbons (Fsp3) is 0.667. The van der Waals surface area contributed by atoms with Gasteiger partial charge in [0.15, 0.2) is 6.10 Å². The zero-order valence-corrected chi connectivity index (χ0v) is 12.6. The standard InChI is InChI=1S/C12H17N3O5S/c1-6(9(17)14-11(13)19)20-10(18)7-5-21-12(2)4-3-8(16)15(7)12/h6-7H,3-5H2,1-2H3,(H3,13,14,17,19)/t6-,7+,12-/m0/s1. The molecule has 2 saturated heterocycles. The van der Waals surface area contributed by atoms with E-state index in [0.717, 1.165) is 0 Å². The highest BCUT2D eigenvalue weighted by Crippen LogP contribution is 2.47. The van der Waals surface area contributed by atoms with E-state index in [9.17, 15) is 19.2 Å². The topological polar surface area (TPSA) is 119 Å². The summed E-state index contributed by atoms with van der Waals surface area (Å²) >= 11 is 1.53. The molecule has 0 aliphatic carbocycles. The molecule has 4 amide bonds. The second-order valence-corrected chi connectivity index (χ2v) is 6.70. The van der Waals surface area contributed by atoms with Crippen molar-refractivity contribution in [1.82, 2.24) is 10.2 Å². The Morgan fingerprint density at radius 3 is 2.81 bits per heavy atom. The summed E-state index contributed by atoms with van der Waals surface area (Å²) in [5, 5.41) is 1.84. The lowest BCUT2D eigenvalue weighted by molar-refractivity contribution is -0.161. The van der Waals surface area contributed by atoms with Gasteiger partial charge in [0.05, 0.1) is 4.87 Å². The van der Waals surface area contributed by atoms with E-state index in [0.29, 0.717) is 18.6 Å². The number of imide groups is 1. The maximum absolute atomic E-state index is 12.2. The first-order valence-electron chi connectivity index (χ1n) is 6.51. The highest BCUT2D eigenvalue weighted by molar-refractivity contribution is 8.01. The number of nitrogens with one attached hydrogen (secondary N) is 1. The van der Waals surface area contributed by atoms with Gasteiger partial charge in [-0.05, 0) is 20.3 Å². The predicted molar refractivity (Wildman–Crippen MR) is 74.0 cm³/mol. The molecule has 0 aromatic rings. The Morgan fingerprint density at radius 1 is 1.52 bits per heavy atom. The van der Waals surface area contributed by atoms with Crippen LogP contribution in [0.1, 0.15) is 26.7 Å². The third-order valence-corrected chi connectivity index (χ3v) is 5.13. The molecule has 9 heteroatoms. The van der Waals surface area contributed by atoms with Crippen molar-refractivity contribution >= 4 is 35.6 Å². The number of nitrogens with two attached hydrogens (primary N) is 1. The van der Waals surface area contributed by atoms with Gasteiger partial charge in [0.25, 0.3) is 5.91 Å². The van der Waals surface area contributed by atoms with E-state index in [1.165, 1.54) is 18.7 Å². The minimum absolute atomic E-state index is 0.0845. The van der Waals surface area contributed by atoms with Gasteiger partial charge in [-0.3, -0.25) is 14.9 Å². The summed E-state index contributed by atoms with van der Waals surface area (Å²) in [7, 11) is 0. The Balaban J connectivity index is 1.99. The number of fused-ring (bicyclic) bond motifs is 1. The molecule has 116 valence electrons. The third-order valence-electron chi connectivity index (χ3n) is 3.63. The SMILES string of the molecule is C[C@H](OC(=O)[C@H]1CS[C@@]2(C)CCC(=O)N12)C(=O)NC(N)=O. The van der Waals surface area contributed by atoms with E-state index in [1.54, 1.807) is 4.90 Å². The largest absolute Gasteiger partial charge is 0.451 e. The normalized spacial score (nSPS) is 29.0. The van der Waals surface area contributed by atoms with Gasteiger partial charge in [0.1, 0.15) is 6.04 Å². The maximum Gasteiger partial charge on any atom is 0.330 e. The minimum atomic E-state index is -1.15. The number of esters is 1. The van der Waals surface area contributed by atoms with E-state index in [2.05, 4.69) is 0 Å². The average molecular weight is 315 g/mol. The molecule has 0 saturated carbocycles. The number of hydrogen-bond acceptors (Lipinski definition) is 6. The van der Waals surface area contributed by atoms with E-state index in [4.69, 9.17) is 10.5 Å². The summed E-state index contributed by atoms with van der Waals surface area (Å²) in [5.41, 5.74) is 4.82. The van der Waals surface area contributed by atoms with Crippen molar-refractivity contribution in [2.24, 2.45) is 5.73 Å². The van der Waals surface area contributed by atoms with Crippen molar-refractivity contribution in [3.63, 3.8) is 0 Å². The van der Waals surface area contributed by atoms with Crippen LogP contribution in [0, 0.1) is 0 Å². The van der Waals surface area contributed by atoms with Crippen molar-refractivity contribution in [1.29, 1.82) is 0 Å². The molecule has 0 aromatic heterocycles. The van der Waals surface area contributed by atoms with Gasteiger partial charge in [-0.1, -0.05) is 0 Å². The minimum Gasteiger partial charge on any atom is -0.451 e. The fourth-order valence-electron chi connectivity index (χ4n) is 2.52. The average Bonchev–Trinajstić information content (AvgIpc) is 2.86. The van der Waals surface area contributed by atoms with Crippen LogP contribution in [-0.2, 0) is 19.1 Å². The van der Waals surface area contributed by atoms with Crippen molar-refractivity contribution in [2.75, 3.05) is 5.75 Å². The summed E-state index contributed by atoms with van der Waals surface area (Å²) < 4.78 is 5.03. The molecular formula is C12H17N3O5S. The molecule has 0 aromatic carbocycles. The van der Waals surface area contributed by atoms with Gasteiger partial charge in [0, 0.05) is 12.2 Å². The number of amides is 4. The fourth-order valence-corrected chi connectivity index (χ4v) is 3.94. The quantitative estimate of drug-likeness (QED) is 0.682. The Morgan fingerprint density at radius 2 is 2.19 bits per heavy atom. The molecule has 3 N–H and O–H groups in total. The lowest BCUT2D eigenvalue weighted by Crippen LogP contribution is -2.49. The maximum atomic E-state index is 12.2. The van der Waals surface area contributed by atoms with Gasteiger partial charge in [-0.2, -0.15) is 0 Å². The zero-order valence-electron chi connectivity index (χ0n) is 11.8. The summed E-state index contributed by atoms with van der Waals surface area (Å²) in [5.74, 6) is -1.09. The second-order valence-electron chi connectivity index (χ2n) is 5.20. The van der Waals surface area contributed by atoms with Crippen molar-refractivity contribution in [2.45, 2.75) is 43.7 Å². The van der Waals surface area contributed by atoms with Crippen LogP contribution in [0.25, 0.3) is 0 Å². The number of primary amides is 1. The molecule has 2 rings (SSSR count). The van der Waals surface area contributed by atoms with E-state index >= 15 is 0 Å². The van der Waals surface area contributed by atoms with E-state index in [1.807, 2.05) is 12.2 Å². The Kier molecular flexibility index (Phi) is 4.13. The van der Waals surface area contributed by atoms with Crippen LogP contribution in [-0.4, -0.2) is 51.5 Å². The Bertz CT molecular complexity index is 511. The van der Waals surface area contributed by atoms with Crippen molar-refractivity contribution < 1.29 is 23.9 Å². The summed E-state index contributed by atoms with van der Waals surface area (Å²) in [6, 6.07) is -1.71. The summed E-state index contributed by atoms with van der Waals surface area (Å²) in [6.07, 6.45) is -0.0530. The lowest BCUT2D eigenvalue weighted by atomic mass is 10.2. The van der Waals surface area contributed by atoms with Crippen LogP contribution in [0.3, 0.4) is 0 Å². The second kappa shape index (κ2) is 5.55. The van der Waals surface area contributed by atoms with Gasteiger partial charge in [-0.25, -0.2) is 9.59 Å². The molecule has 0 unspecified atom stereocenters. The molecule has 2 heterocycles. The first kappa shape index (κ1) is 15.6. The van der Waals surface area contributed by atoms with Crippen LogP contribution < -0.4 is 11.1 Å². The molecule has 0 spiro atoms. The van der Waals surface area contributed by atoms with Crippen molar-refractivity contribution in [3.05, 3.63) is 0 Å². The number of carbonyl (C=O) groups is 4. The first-order valence-corrected chi connectivity index (χ1v) is 7.50. The molecule has 2 fully saturated rings. The third kappa shape index (κ3) is 2.97. The summed E-state index contributed by atoms with van der Waals surface area (Å²) in [6.45, 7) is 3.25. The van der Waals surface area contributed by atoms with Gasteiger partial charge < -0.3 is 15.4 Å². The molecular weight excluding hydrogens is 298 g/mol. The number of nitrogens with zero attached hydrogens (tertiary/aromatic N) is 1. The number of thioether (sulfide) groups is 1. The van der Waals surface area contributed by atoms with Gasteiger partial charge >= 0.3 is 12.0 Å². The lowest BCUT2D eigenvalue weighted by Gasteiger charge is -2.29. The van der Waals surface area contributed by atoms with Crippen LogP contribution in [0.5, 0.6) is 0 Å². The smallest absolute Gasteiger partial charge is 0.330 e. The van der Waals surface area contributed by atoms with E-state index < -0.39 is 30.1 Å². The monoisotopic (exact) mass is 315 g/mol. The molecule has 0 radical (unpaired) electrons. The van der Waals surface area contributed by atoms with Crippen LogP contribution in [0.2, 0.25) is 0 Å². The number of carbonyl (C=O) groups excluding carboxylic acids is 4. The number of ether oxygens (including phenoxy) is 1. The van der Waals surface area contributed by atoms with Gasteiger partial charge in [-0.15, -0.1) is 11.8 Å². The van der Waals surface area contributed by atoms with Crippen LogP contribution >= 0.6 is 11.8 Å². The van der Waals surface area contributed by atoms with Crippen LogP contribution in [0.4, 0.5) is 4.79 Å². The number of rotatable bonds is 3. The predicted octanol–water partition coefficient (Wildman–Crippen LogP) is -0.433. The Hall–Kier alpha value is -1.77. The molecule has 3 atom stereocenters. The molecule has 0 bridgehead atoms. The number of urea groups is 1. The first-order chi connectivity index (χ1) is 9.74. The molecule has 2 aliphatic rings. The van der Waals surface area contributed by atoms with Crippen molar-refractivity contribution in [3.8, 4) is 0 Å². The molecule has 8 nitrogen and oxygen atoms in total. The molecule has 21 heavy (non-hydrogen) atoms.